The van der Waals surface area contributed by atoms with E-state index in [1.165, 1.54) is 46.1 Å². The number of carbonyl (C=O) groups excluding carboxylic acids is 1. The minimum atomic E-state index is -0.610. The highest BCUT2D eigenvalue weighted by Crippen LogP contribution is 2.44. The van der Waals surface area contributed by atoms with Crippen LogP contribution >= 0.6 is 0 Å². The average Bonchev–Trinajstić information content (AvgIpc) is 2.67. The lowest BCUT2D eigenvalue weighted by molar-refractivity contribution is -0.170. The van der Waals surface area contributed by atoms with Crippen molar-refractivity contribution >= 4 is 5.97 Å². The van der Waals surface area contributed by atoms with Gasteiger partial charge in [-0.15, -0.1) is 0 Å². The predicted molar refractivity (Wildman–Crippen MR) is 107 cm³/mol. The summed E-state index contributed by atoms with van der Waals surface area (Å²) in [5, 5.41) is 20.7. The molecule has 3 atom stereocenters. The number of benzene rings is 1. The lowest BCUT2D eigenvalue weighted by Gasteiger charge is -2.45. The van der Waals surface area contributed by atoms with Gasteiger partial charge in [0.2, 0.25) is 0 Å². The second kappa shape index (κ2) is 9.17. The number of aliphatic hydroxyl groups is 1. The van der Waals surface area contributed by atoms with Gasteiger partial charge in [-0.2, -0.15) is 0 Å². The van der Waals surface area contributed by atoms with Crippen LogP contribution in [0.25, 0.3) is 0 Å². The molecular weight excluding hydrogens is 356 g/mol. The van der Waals surface area contributed by atoms with Gasteiger partial charge in [-0.05, 0) is 55.2 Å². The first kappa shape index (κ1) is 21.0. The normalized spacial score (nSPS) is 28.7. The molecule has 0 spiro atoms. The number of phenolic OH excluding ortho intramolecular Hbond substituents is 1. The summed E-state index contributed by atoms with van der Waals surface area (Å²) in [7, 11) is 1.53. The molecule has 3 unspecified atom stereocenters. The second-order valence-corrected chi connectivity index (χ2v) is 8.65. The predicted octanol–water partition coefficient (Wildman–Crippen LogP) is 4.38. The Morgan fingerprint density at radius 3 is 2.61 bits per heavy atom. The minimum absolute atomic E-state index is 0.115. The molecule has 3 rings (SSSR count). The highest BCUT2D eigenvalue weighted by molar-refractivity contribution is 5.66. The van der Waals surface area contributed by atoms with E-state index in [2.05, 4.69) is 0 Å². The molecule has 0 aromatic heterocycles. The Labute approximate surface area is 168 Å². The van der Waals surface area contributed by atoms with Gasteiger partial charge in [0.05, 0.1) is 13.2 Å². The van der Waals surface area contributed by atoms with Crippen molar-refractivity contribution in [1.29, 1.82) is 0 Å². The van der Waals surface area contributed by atoms with Crippen molar-refractivity contribution in [2.75, 3.05) is 7.11 Å². The molecule has 2 aliphatic rings. The Hall–Kier alpha value is -1.75. The molecule has 1 aromatic rings. The van der Waals surface area contributed by atoms with Crippen molar-refractivity contribution in [3.63, 3.8) is 0 Å². The Morgan fingerprint density at radius 1 is 1.21 bits per heavy atom. The third-order valence-corrected chi connectivity index (χ3v) is 6.74. The third kappa shape index (κ3) is 4.99. The van der Waals surface area contributed by atoms with Gasteiger partial charge < -0.3 is 19.7 Å². The van der Waals surface area contributed by atoms with E-state index < -0.39 is 11.7 Å². The Balaban J connectivity index is 1.68. The maximum atomic E-state index is 11.8. The summed E-state index contributed by atoms with van der Waals surface area (Å²) >= 11 is 0. The molecule has 0 bridgehead atoms. The summed E-state index contributed by atoms with van der Waals surface area (Å²) in [6, 6.07) is 5.31. The fourth-order valence-corrected chi connectivity index (χ4v) is 5.29. The number of aliphatic hydroxyl groups excluding tert-OH is 1. The van der Waals surface area contributed by atoms with Crippen LogP contribution in [0.1, 0.15) is 70.3 Å². The van der Waals surface area contributed by atoms with Gasteiger partial charge in [-0.1, -0.05) is 38.2 Å². The first-order chi connectivity index (χ1) is 13.4. The summed E-state index contributed by atoms with van der Waals surface area (Å²) < 4.78 is 11.0. The van der Waals surface area contributed by atoms with Gasteiger partial charge in [0.15, 0.2) is 11.5 Å². The number of carbonyl (C=O) groups is 1. The van der Waals surface area contributed by atoms with Gasteiger partial charge in [-0.25, -0.2) is 0 Å². The van der Waals surface area contributed by atoms with Crippen molar-refractivity contribution in [2.45, 2.75) is 82.8 Å². The van der Waals surface area contributed by atoms with Gasteiger partial charge >= 0.3 is 5.97 Å². The van der Waals surface area contributed by atoms with Crippen LogP contribution in [0.15, 0.2) is 18.2 Å². The monoisotopic (exact) mass is 390 g/mol. The lowest BCUT2D eigenvalue weighted by Crippen LogP contribution is -2.47. The fourth-order valence-electron chi connectivity index (χ4n) is 5.29. The molecular formula is C23H34O5. The zero-order chi connectivity index (χ0) is 20.1. The Kier molecular flexibility index (Phi) is 6.86. The van der Waals surface area contributed by atoms with Gasteiger partial charge in [0, 0.05) is 13.3 Å². The molecule has 2 aliphatic carbocycles. The topological polar surface area (TPSA) is 76.0 Å². The third-order valence-electron chi connectivity index (χ3n) is 6.74. The maximum absolute atomic E-state index is 11.8. The van der Waals surface area contributed by atoms with Crippen molar-refractivity contribution in [2.24, 2.45) is 11.8 Å². The van der Waals surface area contributed by atoms with E-state index >= 15 is 0 Å². The van der Waals surface area contributed by atoms with Crippen LogP contribution in [-0.2, 0) is 16.0 Å². The number of esters is 1. The van der Waals surface area contributed by atoms with E-state index in [4.69, 9.17) is 9.47 Å². The van der Waals surface area contributed by atoms with Gasteiger partial charge in [0.1, 0.15) is 5.60 Å². The van der Waals surface area contributed by atoms with Crippen molar-refractivity contribution in [1.82, 2.24) is 0 Å². The summed E-state index contributed by atoms with van der Waals surface area (Å²) in [4.78, 5) is 11.8. The van der Waals surface area contributed by atoms with E-state index in [1.54, 1.807) is 6.07 Å². The SMILES string of the molecule is COc1cc(CCC2(OC(C)=O)CCC(C3CCCCC3)C(O)C2)ccc1O. The molecule has 5 heteroatoms. The van der Waals surface area contributed by atoms with E-state index in [0.29, 0.717) is 36.8 Å². The number of aryl methyl sites for hydroxylation is 1. The maximum Gasteiger partial charge on any atom is 0.303 e. The number of hydrogen-bond donors (Lipinski definition) is 2. The number of methoxy groups -OCH3 is 1. The Bertz CT molecular complexity index is 667. The molecule has 0 saturated heterocycles. The van der Waals surface area contributed by atoms with Gasteiger partial charge in [0.25, 0.3) is 0 Å². The van der Waals surface area contributed by atoms with E-state index in [0.717, 1.165) is 18.4 Å². The fraction of sp³-hybridized carbons (Fsp3) is 0.696. The molecule has 2 saturated carbocycles. The van der Waals surface area contributed by atoms with Crippen LogP contribution in [0.2, 0.25) is 0 Å². The van der Waals surface area contributed by atoms with Crippen LogP contribution in [0.3, 0.4) is 0 Å². The highest BCUT2D eigenvalue weighted by Gasteiger charge is 2.44. The van der Waals surface area contributed by atoms with Crippen molar-refractivity contribution < 1.29 is 24.5 Å². The molecule has 0 aliphatic heterocycles. The molecule has 2 N–H and O–H groups in total. The lowest BCUT2D eigenvalue weighted by atomic mass is 9.67. The van der Waals surface area contributed by atoms with Crippen LogP contribution in [0.5, 0.6) is 11.5 Å². The van der Waals surface area contributed by atoms with Crippen LogP contribution in [0.4, 0.5) is 0 Å². The van der Waals surface area contributed by atoms with Crippen molar-refractivity contribution in [3.8, 4) is 11.5 Å². The van der Waals surface area contributed by atoms with Crippen molar-refractivity contribution in [3.05, 3.63) is 23.8 Å². The summed E-state index contributed by atoms with van der Waals surface area (Å²) in [6.07, 6.45) is 9.47. The zero-order valence-electron chi connectivity index (χ0n) is 17.2. The standard InChI is InChI=1S/C23H34O5/c1-16(24)28-23(12-10-17-8-9-20(25)22(14-17)27-2)13-11-19(21(26)15-23)18-6-4-3-5-7-18/h8-9,14,18-19,21,25-26H,3-7,10-13,15H2,1-2H3. The number of aromatic hydroxyl groups is 1. The number of phenols is 1. The zero-order valence-corrected chi connectivity index (χ0v) is 17.2. The molecule has 0 heterocycles. The number of rotatable bonds is 6. The van der Waals surface area contributed by atoms with Crippen LogP contribution in [-0.4, -0.2) is 35.0 Å². The molecule has 28 heavy (non-hydrogen) atoms. The number of hydrogen-bond acceptors (Lipinski definition) is 5. The molecule has 156 valence electrons. The number of ether oxygens (including phenoxy) is 2. The second-order valence-electron chi connectivity index (χ2n) is 8.65. The van der Waals surface area contributed by atoms with E-state index in [1.807, 2.05) is 12.1 Å². The molecule has 5 nitrogen and oxygen atoms in total. The van der Waals surface area contributed by atoms with Crippen LogP contribution in [0, 0.1) is 11.8 Å². The van der Waals surface area contributed by atoms with E-state index in [9.17, 15) is 15.0 Å². The average molecular weight is 391 g/mol. The molecule has 0 radical (unpaired) electrons. The molecule has 1 aromatic carbocycles. The smallest absolute Gasteiger partial charge is 0.303 e. The minimum Gasteiger partial charge on any atom is -0.504 e. The highest BCUT2D eigenvalue weighted by atomic mass is 16.6. The van der Waals surface area contributed by atoms with Gasteiger partial charge in [-0.3, -0.25) is 4.79 Å². The summed E-state index contributed by atoms with van der Waals surface area (Å²) in [5.74, 6) is 1.22. The van der Waals surface area contributed by atoms with Crippen LogP contribution < -0.4 is 4.74 Å². The first-order valence-electron chi connectivity index (χ1n) is 10.7. The first-order valence-corrected chi connectivity index (χ1v) is 10.7. The summed E-state index contributed by atoms with van der Waals surface area (Å²) in [6.45, 7) is 1.45. The molecule has 0 amide bonds. The Morgan fingerprint density at radius 2 is 1.96 bits per heavy atom. The van der Waals surface area contributed by atoms with E-state index in [-0.39, 0.29) is 11.7 Å². The largest absolute Gasteiger partial charge is 0.504 e. The molecule has 2 fully saturated rings. The summed E-state index contributed by atoms with van der Waals surface area (Å²) in [5.41, 5.74) is 0.409. The quantitative estimate of drug-likeness (QED) is 0.705.